The number of hydrogen-bond acceptors (Lipinski definition) is 6. The Morgan fingerprint density at radius 3 is 2.22 bits per heavy atom. The van der Waals surface area contributed by atoms with Crippen LogP contribution in [0.15, 0.2) is 109 Å². The minimum atomic E-state index is -1.12. The molecule has 2 aliphatic rings. The molecule has 224 valence electrons. The topological polar surface area (TPSA) is 84.9 Å². The van der Waals surface area contributed by atoms with Crippen LogP contribution in [0.2, 0.25) is 0 Å². The molecular weight excluding hydrogens is 564 g/mol. The zero-order chi connectivity index (χ0) is 31.1. The Morgan fingerprint density at radius 1 is 0.800 bits per heavy atom. The van der Waals surface area contributed by atoms with Crippen molar-refractivity contribution in [2.24, 2.45) is 0 Å². The van der Waals surface area contributed by atoms with Gasteiger partial charge in [-0.3, -0.25) is 9.59 Å². The summed E-state index contributed by atoms with van der Waals surface area (Å²) in [6.45, 7) is 3.94. The third kappa shape index (κ3) is 4.79. The first-order chi connectivity index (χ1) is 21.9. The van der Waals surface area contributed by atoms with Crippen molar-refractivity contribution in [3.63, 3.8) is 0 Å². The maximum atomic E-state index is 14.1. The molecule has 0 N–H and O–H groups in total. The van der Waals surface area contributed by atoms with Crippen LogP contribution in [0.1, 0.15) is 28.1 Å². The van der Waals surface area contributed by atoms with Crippen molar-refractivity contribution in [2.45, 2.75) is 32.0 Å². The number of methoxy groups -OCH3 is 1. The van der Waals surface area contributed by atoms with E-state index in [1.54, 1.807) is 16.9 Å². The molecule has 8 heteroatoms. The Labute approximate surface area is 261 Å². The second-order valence-electron chi connectivity index (χ2n) is 11.4. The number of nitrogens with zero attached hydrogens (tertiary/aromatic N) is 4. The van der Waals surface area contributed by atoms with Crippen LogP contribution in [-0.2, 0) is 21.7 Å². The molecule has 0 spiro atoms. The van der Waals surface area contributed by atoms with E-state index in [1.807, 2.05) is 105 Å². The maximum absolute atomic E-state index is 14.1. The third-order valence-electron chi connectivity index (χ3n) is 8.59. The molecule has 2 amide bonds. The van der Waals surface area contributed by atoms with Gasteiger partial charge in [0.15, 0.2) is 0 Å². The molecule has 8 nitrogen and oxygen atoms in total. The molecule has 1 saturated heterocycles. The molecule has 2 aliphatic heterocycles. The molecule has 45 heavy (non-hydrogen) atoms. The van der Waals surface area contributed by atoms with Gasteiger partial charge in [0.25, 0.3) is 5.91 Å². The van der Waals surface area contributed by atoms with E-state index in [2.05, 4.69) is 28.2 Å². The summed E-state index contributed by atoms with van der Waals surface area (Å²) in [6, 6.07) is 35.7. The zero-order valence-electron chi connectivity index (χ0n) is 25.3. The molecule has 0 saturated carbocycles. The summed E-state index contributed by atoms with van der Waals surface area (Å²) in [4.78, 5) is 40.6. The molecule has 1 fully saturated rings. The fourth-order valence-corrected chi connectivity index (χ4v) is 6.55. The second-order valence-corrected chi connectivity index (χ2v) is 11.4. The number of fused-ring (bicyclic) bond motifs is 3. The lowest BCUT2D eigenvalue weighted by Gasteiger charge is -2.56. The summed E-state index contributed by atoms with van der Waals surface area (Å²) in [6.07, 6.45) is -1.00. The van der Waals surface area contributed by atoms with Crippen LogP contribution in [-0.4, -0.2) is 46.4 Å². The van der Waals surface area contributed by atoms with Crippen molar-refractivity contribution < 1.29 is 19.1 Å². The monoisotopic (exact) mass is 596 g/mol. The lowest BCUT2D eigenvalue weighted by atomic mass is 9.69. The van der Waals surface area contributed by atoms with Crippen LogP contribution in [0.25, 0.3) is 11.1 Å². The highest BCUT2D eigenvalue weighted by Gasteiger charge is 2.67. The minimum Gasteiger partial charge on any atom is -0.497 e. The SMILES string of the molecule is COc1ccc(CN2C(=O)CN3C(=O)[C@@H](Oc4nc(C)cc(C)n4)[C@@]3(c3cccc(-c4ccccc4)c3)c3ccccc32)cc1. The molecule has 4 aromatic carbocycles. The number of β-lactam (4-membered cyclic amide) rings is 1. The Hall–Kier alpha value is -5.50. The molecule has 7 rings (SSSR count). The summed E-state index contributed by atoms with van der Waals surface area (Å²) >= 11 is 0. The van der Waals surface area contributed by atoms with Crippen LogP contribution in [0.5, 0.6) is 11.8 Å². The van der Waals surface area contributed by atoms with Gasteiger partial charge in [0.2, 0.25) is 12.0 Å². The van der Waals surface area contributed by atoms with Gasteiger partial charge in [-0.15, -0.1) is 0 Å². The first kappa shape index (κ1) is 28.3. The molecular formula is C37H32N4O4. The van der Waals surface area contributed by atoms with Gasteiger partial charge in [0.05, 0.1) is 19.3 Å². The van der Waals surface area contributed by atoms with Gasteiger partial charge in [-0.1, -0.05) is 78.9 Å². The molecule has 5 aromatic rings. The standard InChI is InChI=1S/C37H32N4O4/c1-24-20-25(2)39-36(38-24)45-34-35(43)41-23-33(42)40(22-26-16-18-30(44-3)19-17-26)32-15-8-7-14-31(32)37(34,41)29-13-9-12-28(21-29)27-10-5-4-6-11-27/h4-21,34H,22-23H2,1-3H3/t34-,37-/m1/s1. The van der Waals surface area contributed by atoms with Crippen molar-refractivity contribution in [1.82, 2.24) is 14.9 Å². The van der Waals surface area contributed by atoms with E-state index >= 15 is 0 Å². The Kier molecular flexibility index (Phi) is 7.04. The summed E-state index contributed by atoms with van der Waals surface area (Å²) in [7, 11) is 1.62. The number of hydrogen-bond donors (Lipinski definition) is 0. The largest absolute Gasteiger partial charge is 0.497 e. The Balaban J connectivity index is 1.42. The number of anilines is 1. The van der Waals surface area contributed by atoms with E-state index in [9.17, 15) is 9.59 Å². The van der Waals surface area contributed by atoms with E-state index in [0.717, 1.165) is 45.0 Å². The third-order valence-corrected chi connectivity index (χ3v) is 8.59. The molecule has 0 radical (unpaired) electrons. The van der Waals surface area contributed by atoms with E-state index in [4.69, 9.17) is 9.47 Å². The summed E-state index contributed by atoms with van der Waals surface area (Å²) in [5.74, 6) is 0.257. The van der Waals surface area contributed by atoms with Crippen molar-refractivity contribution in [3.05, 3.63) is 137 Å². The number of para-hydroxylation sites is 1. The molecule has 3 heterocycles. The van der Waals surface area contributed by atoms with Gasteiger partial charge < -0.3 is 19.3 Å². The number of amides is 2. The molecule has 0 aliphatic carbocycles. The summed E-state index contributed by atoms with van der Waals surface area (Å²) in [5.41, 5.74) is 5.68. The van der Waals surface area contributed by atoms with Crippen molar-refractivity contribution in [2.75, 3.05) is 18.6 Å². The van der Waals surface area contributed by atoms with Crippen LogP contribution in [0.4, 0.5) is 5.69 Å². The van der Waals surface area contributed by atoms with Crippen LogP contribution in [0.3, 0.4) is 0 Å². The molecule has 0 bridgehead atoms. The summed E-state index contributed by atoms with van der Waals surface area (Å²) < 4.78 is 11.8. The predicted molar refractivity (Wildman–Crippen MR) is 171 cm³/mol. The first-order valence-electron chi connectivity index (χ1n) is 14.9. The average Bonchev–Trinajstić information content (AvgIpc) is 3.15. The highest BCUT2D eigenvalue weighted by atomic mass is 16.5. The summed E-state index contributed by atoms with van der Waals surface area (Å²) in [5, 5.41) is 0. The van der Waals surface area contributed by atoms with Crippen molar-refractivity contribution in [1.29, 1.82) is 0 Å². The van der Waals surface area contributed by atoms with E-state index < -0.39 is 11.6 Å². The van der Waals surface area contributed by atoms with Gasteiger partial charge in [0.1, 0.15) is 17.8 Å². The smallest absolute Gasteiger partial charge is 0.317 e. The van der Waals surface area contributed by atoms with Crippen molar-refractivity contribution in [3.8, 4) is 22.9 Å². The van der Waals surface area contributed by atoms with Crippen LogP contribution in [0, 0.1) is 13.8 Å². The van der Waals surface area contributed by atoms with Crippen LogP contribution < -0.4 is 14.4 Å². The Morgan fingerprint density at radius 2 is 1.49 bits per heavy atom. The van der Waals surface area contributed by atoms with Gasteiger partial charge in [-0.05, 0) is 66.4 Å². The predicted octanol–water partition coefficient (Wildman–Crippen LogP) is 5.85. The number of rotatable bonds is 7. The lowest BCUT2D eigenvalue weighted by molar-refractivity contribution is -0.178. The van der Waals surface area contributed by atoms with E-state index in [1.165, 1.54) is 0 Å². The molecule has 0 unspecified atom stereocenters. The fraction of sp³-hybridized carbons (Fsp3) is 0.189. The first-order valence-corrected chi connectivity index (χ1v) is 14.9. The number of aromatic nitrogens is 2. The number of carbonyl (C=O) groups is 2. The average molecular weight is 597 g/mol. The van der Waals surface area contributed by atoms with Gasteiger partial charge in [-0.25, -0.2) is 9.97 Å². The number of aryl methyl sites for hydroxylation is 2. The second kappa shape index (κ2) is 11.2. The number of carbonyl (C=O) groups excluding carboxylic acids is 2. The quantitative estimate of drug-likeness (QED) is 0.219. The van der Waals surface area contributed by atoms with Gasteiger partial charge in [0, 0.05) is 17.0 Å². The zero-order valence-corrected chi connectivity index (χ0v) is 25.3. The number of ether oxygens (including phenoxy) is 2. The lowest BCUT2D eigenvalue weighted by Crippen LogP contribution is -2.74. The molecule has 1 aromatic heterocycles. The molecule has 2 atom stereocenters. The van der Waals surface area contributed by atoms with Gasteiger partial charge >= 0.3 is 6.01 Å². The highest BCUT2D eigenvalue weighted by Crippen LogP contribution is 2.53. The van der Waals surface area contributed by atoms with E-state index in [0.29, 0.717) is 12.2 Å². The normalized spacial score (nSPS) is 18.9. The number of benzene rings is 4. The van der Waals surface area contributed by atoms with Crippen molar-refractivity contribution >= 4 is 17.5 Å². The van der Waals surface area contributed by atoms with Crippen LogP contribution >= 0.6 is 0 Å². The Bertz CT molecular complexity index is 1890. The maximum Gasteiger partial charge on any atom is 0.317 e. The highest BCUT2D eigenvalue weighted by molar-refractivity contribution is 6.04. The van der Waals surface area contributed by atoms with E-state index in [-0.39, 0.29) is 24.4 Å². The fourth-order valence-electron chi connectivity index (χ4n) is 6.55. The van der Waals surface area contributed by atoms with Gasteiger partial charge in [-0.2, -0.15) is 0 Å². The minimum absolute atomic E-state index is 0.118.